The molecule has 0 N–H and O–H groups in total. The third kappa shape index (κ3) is 18.7. The van der Waals surface area contributed by atoms with Crippen LogP contribution in [0.4, 0.5) is 0 Å². The van der Waals surface area contributed by atoms with Gasteiger partial charge in [-0.1, -0.05) is 243 Å². The molecule has 3 aliphatic heterocycles. The maximum atomic E-state index is 7.65. The van der Waals surface area contributed by atoms with Gasteiger partial charge < -0.3 is 66.3 Å². The molecule has 3 heterocycles. The molecule has 14 nitrogen and oxygen atoms in total. The van der Waals surface area contributed by atoms with E-state index in [-0.39, 0.29) is 52.9 Å². The topological polar surface area (TPSA) is 129 Å². The van der Waals surface area contributed by atoms with Crippen LogP contribution >= 0.6 is 0 Å². The maximum absolute atomic E-state index is 7.65. The molecule has 89 heavy (non-hydrogen) atoms. The monoisotopic (exact) mass is 1200 g/mol. The Hall–Kier alpha value is -7.22. The first-order valence-electron chi connectivity index (χ1n) is 30.7. The van der Waals surface area contributed by atoms with E-state index in [4.69, 9.17) is 66.3 Å². The predicted octanol–water partition coefficient (Wildman–Crippen LogP) is 12.7. The predicted molar refractivity (Wildman–Crippen MR) is 335 cm³/mol. The van der Waals surface area contributed by atoms with Gasteiger partial charge in [-0.05, 0) is 50.6 Å². The zero-order chi connectivity index (χ0) is 60.5. The SMILES string of the molecule is CO[C@@H]1C(OCc2ccccc2)[C@@H](O[C@H]2C(COCc3ccccc3)O[C@@H](O[C@@H]3C(COCc4ccccc4)OC=C[C@@H]3OCc3ccccc3)C(OCc3ccccc3)[C@H]2OCc2ccccc2)OC(COCc2ccccc2)[C@@H]1OCc1ccccc1. The minimum Gasteiger partial charge on any atom is -0.493 e. The van der Waals surface area contributed by atoms with Gasteiger partial charge in [0, 0.05) is 7.11 Å². The smallest absolute Gasteiger partial charge is 0.187 e. The average Bonchev–Trinajstić information content (AvgIpc) is 1.89. The molecule has 5 unspecified atom stereocenters. The molecule has 0 amide bonds. The van der Waals surface area contributed by atoms with Crippen LogP contribution in [0, 0.1) is 0 Å². The molecule has 0 saturated carbocycles. The number of benzene rings is 8. The second-order valence-electron chi connectivity index (χ2n) is 22.3. The van der Waals surface area contributed by atoms with Crippen LogP contribution in [0.2, 0.25) is 0 Å². The quantitative estimate of drug-likeness (QED) is 0.0396. The molecular weight excluding hydrogens is 1120 g/mol. The standard InChI is InChI=1S/C75H80O14/c1-76-70-68(82-48-59-34-18-6-19-35-59)65(53-78-45-56-28-12-3-13-29-56)86-74(72(70)84-50-61-38-22-8-23-39-61)89-69-66(54-79-46-57-30-14-4-15-31-57)87-75(73(85-51-62-40-24-9-25-41-62)71(69)83-49-60-36-20-7-21-37-60)88-67-63(81-47-58-32-16-5-17-33-58)42-43-80-64(67)52-77-44-55-26-10-2-11-27-55/h2-43,63-75H,44-54H2,1H3/t63-,64?,65?,66?,67-,68-,69-,70-,71-,72?,73?,74+,75-/m0/s1. The minimum atomic E-state index is -1.15. The summed E-state index contributed by atoms with van der Waals surface area (Å²) < 4.78 is 97.9. The Labute approximate surface area is 523 Å². The lowest BCUT2D eigenvalue weighted by Gasteiger charge is -2.50. The van der Waals surface area contributed by atoms with E-state index >= 15 is 0 Å². The van der Waals surface area contributed by atoms with Crippen molar-refractivity contribution in [3.05, 3.63) is 300 Å². The fourth-order valence-electron chi connectivity index (χ4n) is 11.2. The first-order chi connectivity index (χ1) is 44.1. The van der Waals surface area contributed by atoms with Gasteiger partial charge in [0.15, 0.2) is 18.7 Å². The molecule has 0 bridgehead atoms. The molecule has 3 aliphatic rings. The number of rotatable bonds is 32. The molecule has 0 spiro atoms. The lowest BCUT2D eigenvalue weighted by Crippen LogP contribution is -2.67. The normalized spacial score (nSPS) is 25.1. The summed E-state index contributed by atoms with van der Waals surface area (Å²) in [6.07, 6.45) is -7.74. The number of hydrogen-bond donors (Lipinski definition) is 0. The third-order valence-corrected chi connectivity index (χ3v) is 15.9. The van der Waals surface area contributed by atoms with Gasteiger partial charge in [0.25, 0.3) is 0 Å². The molecule has 8 aromatic carbocycles. The maximum Gasteiger partial charge on any atom is 0.187 e. The highest BCUT2D eigenvalue weighted by atomic mass is 16.8. The molecule has 0 aliphatic carbocycles. The molecule has 11 rings (SSSR count). The van der Waals surface area contributed by atoms with E-state index in [1.807, 2.05) is 249 Å². The molecule has 0 aromatic heterocycles. The van der Waals surface area contributed by atoms with Crippen LogP contribution in [0.15, 0.2) is 255 Å². The summed E-state index contributed by atoms with van der Waals surface area (Å²) in [7, 11) is 1.67. The van der Waals surface area contributed by atoms with E-state index < -0.39 is 79.7 Å². The molecule has 2 fully saturated rings. The van der Waals surface area contributed by atoms with E-state index in [9.17, 15) is 0 Å². The molecule has 464 valence electrons. The van der Waals surface area contributed by atoms with Crippen LogP contribution < -0.4 is 0 Å². The van der Waals surface area contributed by atoms with Crippen molar-refractivity contribution in [3.63, 3.8) is 0 Å². The van der Waals surface area contributed by atoms with Crippen molar-refractivity contribution in [1.29, 1.82) is 0 Å². The van der Waals surface area contributed by atoms with Crippen LogP contribution in [0.5, 0.6) is 0 Å². The molecule has 0 radical (unpaired) electrons. The third-order valence-electron chi connectivity index (χ3n) is 15.9. The van der Waals surface area contributed by atoms with E-state index in [2.05, 4.69) is 0 Å². The number of hydrogen-bond acceptors (Lipinski definition) is 14. The largest absolute Gasteiger partial charge is 0.493 e. The highest BCUT2D eigenvalue weighted by Crippen LogP contribution is 2.38. The van der Waals surface area contributed by atoms with E-state index in [0.29, 0.717) is 19.8 Å². The Bertz CT molecular complexity index is 3230. The van der Waals surface area contributed by atoms with Gasteiger partial charge >= 0.3 is 0 Å². The van der Waals surface area contributed by atoms with Gasteiger partial charge in [0.05, 0.1) is 78.9 Å². The van der Waals surface area contributed by atoms with Crippen molar-refractivity contribution in [2.24, 2.45) is 0 Å². The fraction of sp³-hybridized carbons (Fsp3) is 0.333. The molecular formula is C75H80O14. The summed E-state index contributed by atoms with van der Waals surface area (Å²) >= 11 is 0. The number of methoxy groups -OCH3 is 1. The van der Waals surface area contributed by atoms with Crippen LogP contribution in [0.3, 0.4) is 0 Å². The number of ether oxygens (including phenoxy) is 14. The van der Waals surface area contributed by atoms with Crippen molar-refractivity contribution in [1.82, 2.24) is 0 Å². The van der Waals surface area contributed by atoms with Crippen molar-refractivity contribution < 1.29 is 66.3 Å². The first-order valence-corrected chi connectivity index (χ1v) is 30.7. The molecule has 2 saturated heterocycles. The Balaban J connectivity index is 0.983. The zero-order valence-electron chi connectivity index (χ0n) is 50.2. The van der Waals surface area contributed by atoms with Crippen molar-refractivity contribution in [3.8, 4) is 0 Å². The van der Waals surface area contributed by atoms with Gasteiger partial charge in [0.1, 0.15) is 61.0 Å². The van der Waals surface area contributed by atoms with Crippen molar-refractivity contribution in [2.75, 3.05) is 26.9 Å². The highest BCUT2D eigenvalue weighted by Gasteiger charge is 2.55. The van der Waals surface area contributed by atoms with Crippen molar-refractivity contribution >= 4 is 0 Å². The first kappa shape index (κ1) is 63.4. The lowest BCUT2D eigenvalue weighted by molar-refractivity contribution is -0.383. The lowest BCUT2D eigenvalue weighted by atomic mass is 9.95. The fourth-order valence-corrected chi connectivity index (χ4v) is 11.2. The average molecular weight is 1210 g/mol. The van der Waals surface area contributed by atoms with E-state index in [1.165, 1.54) is 0 Å². The summed E-state index contributed by atoms with van der Waals surface area (Å²) in [5.74, 6) is 0. The Morgan fingerprint density at radius 2 is 0.573 bits per heavy atom. The summed E-state index contributed by atoms with van der Waals surface area (Å²) in [5, 5.41) is 0. The van der Waals surface area contributed by atoms with Gasteiger partial charge in [-0.2, -0.15) is 0 Å². The van der Waals surface area contributed by atoms with Gasteiger partial charge in [0.2, 0.25) is 0 Å². The summed E-state index contributed by atoms with van der Waals surface area (Å²) in [5.41, 5.74) is 7.78. The van der Waals surface area contributed by atoms with Crippen LogP contribution in [0.1, 0.15) is 44.5 Å². The summed E-state index contributed by atoms with van der Waals surface area (Å²) in [6.45, 7) is 2.38. The molecule has 13 atom stereocenters. The van der Waals surface area contributed by atoms with E-state index in [1.54, 1.807) is 13.4 Å². The second-order valence-corrected chi connectivity index (χ2v) is 22.3. The molecule has 14 heteroatoms. The summed E-state index contributed by atoms with van der Waals surface area (Å²) in [4.78, 5) is 0. The van der Waals surface area contributed by atoms with Gasteiger partial charge in [-0.15, -0.1) is 0 Å². The van der Waals surface area contributed by atoms with Gasteiger partial charge in [-0.3, -0.25) is 0 Å². The Kier molecular flexibility index (Phi) is 24.3. The second kappa shape index (κ2) is 34.1. The molecule has 8 aromatic rings. The van der Waals surface area contributed by atoms with Gasteiger partial charge in [-0.25, -0.2) is 0 Å². The van der Waals surface area contributed by atoms with Crippen molar-refractivity contribution in [2.45, 2.75) is 133 Å². The van der Waals surface area contributed by atoms with Crippen LogP contribution in [-0.4, -0.2) is 107 Å². The summed E-state index contributed by atoms with van der Waals surface area (Å²) in [6, 6.07) is 80.2. The van der Waals surface area contributed by atoms with Crippen LogP contribution in [-0.2, 0) is 119 Å². The minimum absolute atomic E-state index is 0.0248. The highest BCUT2D eigenvalue weighted by molar-refractivity contribution is 5.20. The Morgan fingerprint density at radius 1 is 0.281 bits per heavy atom. The van der Waals surface area contributed by atoms with Crippen LogP contribution in [0.25, 0.3) is 0 Å². The zero-order valence-corrected chi connectivity index (χ0v) is 50.2. The van der Waals surface area contributed by atoms with E-state index in [0.717, 1.165) is 44.5 Å². The Morgan fingerprint density at radius 3 is 0.944 bits per heavy atom.